The van der Waals surface area contributed by atoms with Crippen LogP contribution in [-0.2, 0) is 13.1 Å². The van der Waals surface area contributed by atoms with Crippen molar-refractivity contribution in [2.75, 3.05) is 32.4 Å². The fraction of sp³-hybridized carbons (Fsp3) is 0.500. The molecule has 0 amide bonds. The van der Waals surface area contributed by atoms with Gasteiger partial charge in [-0.2, -0.15) is 5.10 Å². The number of hydrogen-bond donors (Lipinski definition) is 1. The molecular formula is C18H30Cl3N5. The highest BCUT2D eigenvalue weighted by Gasteiger charge is 2.22. The molecule has 2 N–H and O–H groups in total. The Bertz CT molecular complexity index is 601. The van der Waals surface area contributed by atoms with Crippen LogP contribution in [0.5, 0.6) is 0 Å². The van der Waals surface area contributed by atoms with Gasteiger partial charge in [0.25, 0.3) is 0 Å². The van der Waals surface area contributed by atoms with E-state index in [2.05, 4.69) is 34.1 Å². The van der Waals surface area contributed by atoms with E-state index in [0.717, 1.165) is 25.3 Å². The number of piperidine rings is 1. The molecule has 5 nitrogen and oxygen atoms in total. The summed E-state index contributed by atoms with van der Waals surface area (Å²) in [6.07, 6.45) is 6.35. The maximum atomic E-state index is 5.87. The fourth-order valence-corrected chi connectivity index (χ4v) is 3.37. The number of nitrogens with zero attached hydrogens (tertiary/aromatic N) is 4. The minimum atomic E-state index is 0. The summed E-state index contributed by atoms with van der Waals surface area (Å²) in [4.78, 5) is 5.02. The second-order valence-corrected chi connectivity index (χ2v) is 6.50. The van der Waals surface area contributed by atoms with Crippen LogP contribution in [0.4, 0.5) is 5.69 Å². The molecule has 148 valence electrons. The first kappa shape index (κ1) is 25.0. The normalized spacial score (nSPS) is 15.0. The first-order valence-corrected chi connectivity index (χ1v) is 8.45. The molecule has 3 rings (SSSR count). The molecular weight excluding hydrogens is 393 g/mol. The van der Waals surface area contributed by atoms with E-state index in [1.54, 1.807) is 0 Å². The first-order valence-electron chi connectivity index (χ1n) is 8.45. The van der Waals surface area contributed by atoms with Crippen molar-refractivity contribution in [3.8, 4) is 0 Å². The minimum Gasteiger partial charge on any atom is -0.399 e. The Morgan fingerprint density at radius 2 is 1.85 bits per heavy atom. The molecule has 1 aliphatic rings. The maximum absolute atomic E-state index is 5.87. The van der Waals surface area contributed by atoms with Gasteiger partial charge in [0.2, 0.25) is 0 Å². The van der Waals surface area contributed by atoms with Crippen molar-refractivity contribution in [1.29, 1.82) is 0 Å². The van der Waals surface area contributed by atoms with Crippen molar-refractivity contribution in [2.45, 2.75) is 32.0 Å². The third kappa shape index (κ3) is 7.33. The summed E-state index contributed by atoms with van der Waals surface area (Å²) in [7, 11) is 2.23. The lowest BCUT2D eigenvalue weighted by atomic mass is 10.0. The number of rotatable bonds is 6. The molecule has 8 heteroatoms. The Labute approximate surface area is 175 Å². The molecule has 0 unspecified atom stereocenters. The maximum Gasteiger partial charge on any atom is 0.0536 e. The zero-order valence-corrected chi connectivity index (χ0v) is 17.6. The number of hydrogen-bond acceptors (Lipinski definition) is 4. The van der Waals surface area contributed by atoms with Crippen LogP contribution in [0.2, 0.25) is 0 Å². The summed E-state index contributed by atoms with van der Waals surface area (Å²) in [6.45, 7) is 5.40. The molecule has 1 aliphatic heterocycles. The van der Waals surface area contributed by atoms with Crippen LogP contribution < -0.4 is 5.73 Å². The minimum absolute atomic E-state index is 0. The predicted molar refractivity (Wildman–Crippen MR) is 116 cm³/mol. The summed E-state index contributed by atoms with van der Waals surface area (Å²) in [6, 6.07) is 10.9. The molecule has 1 aromatic heterocycles. The molecule has 26 heavy (non-hydrogen) atoms. The van der Waals surface area contributed by atoms with Gasteiger partial charge in [0.05, 0.1) is 6.54 Å². The van der Waals surface area contributed by atoms with E-state index in [1.807, 2.05) is 35.3 Å². The van der Waals surface area contributed by atoms with Crippen molar-refractivity contribution in [3.63, 3.8) is 0 Å². The van der Waals surface area contributed by atoms with Crippen LogP contribution in [-0.4, -0.2) is 52.3 Å². The highest BCUT2D eigenvalue weighted by atomic mass is 35.5. The second-order valence-electron chi connectivity index (χ2n) is 6.50. The molecule has 0 saturated carbocycles. The van der Waals surface area contributed by atoms with Crippen molar-refractivity contribution >= 4 is 42.9 Å². The van der Waals surface area contributed by atoms with E-state index in [9.17, 15) is 0 Å². The van der Waals surface area contributed by atoms with Crippen molar-refractivity contribution in [2.24, 2.45) is 0 Å². The number of nitrogens with two attached hydrogens (primary N) is 1. The molecule has 2 heterocycles. The smallest absolute Gasteiger partial charge is 0.0536 e. The Morgan fingerprint density at radius 1 is 1.12 bits per heavy atom. The Morgan fingerprint density at radius 3 is 2.46 bits per heavy atom. The van der Waals surface area contributed by atoms with Crippen molar-refractivity contribution in [3.05, 3.63) is 48.3 Å². The van der Waals surface area contributed by atoms with E-state index in [-0.39, 0.29) is 37.2 Å². The molecule has 0 aliphatic carbocycles. The zero-order valence-electron chi connectivity index (χ0n) is 15.2. The largest absolute Gasteiger partial charge is 0.399 e. The van der Waals surface area contributed by atoms with E-state index in [1.165, 1.54) is 31.5 Å². The van der Waals surface area contributed by atoms with Crippen LogP contribution >= 0.6 is 37.2 Å². The van der Waals surface area contributed by atoms with Gasteiger partial charge in [-0.25, -0.2) is 0 Å². The SMILES string of the molecule is CN(Cc1cccc(N)c1)C1CCN(CCn2cccn2)CC1.Cl.Cl.Cl. The monoisotopic (exact) mass is 421 g/mol. The van der Waals surface area contributed by atoms with Crippen LogP contribution in [0, 0.1) is 0 Å². The molecule has 2 aromatic rings. The highest BCUT2D eigenvalue weighted by molar-refractivity contribution is 5.86. The van der Waals surface area contributed by atoms with Crippen molar-refractivity contribution in [1.82, 2.24) is 19.6 Å². The summed E-state index contributed by atoms with van der Waals surface area (Å²) in [5.74, 6) is 0. The quantitative estimate of drug-likeness (QED) is 0.725. The third-order valence-corrected chi connectivity index (χ3v) is 4.77. The number of halogens is 3. The van der Waals surface area contributed by atoms with E-state index in [4.69, 9.17) is 5.73 Å². The van der Waals surface area contributed by atoms with E-state index >= 15 is 0 Å². The molecule has 1 saturated heterocycles. The van der Waals surface area contributed by atoms with Gasteiger partial charge in [0.15, 0.2) is 0 Å². The lowest BCUT2D eigenvalue weighted by Crippen LogP contribution is -2.43. The van der Waals surface area contributed by atoms with Gasteiger partial charge in [-0.3, -0.25) is 9.58 Å². The molecule has 1 aromatic carbocycles. The highest BCUT2D eigenvalue weighted by Crippen LogP contribution is 2.18. The first-order chi connectivity index (χ1) is 11.2. The lowest BCUT2D eigenvalue weighted by molar-refractivity contribution is 0.120. The van der Waals surface area contributed by atoms with Gasteiger partial charge in [0, 0.05) is 37.2 Å². The van der Waals surface area contributed by atoms with Gasteiger partial charge < -0.3 is 10.6 Å². The summed E-state index contributed by atoms with van der Waals surface area (Å²) in [5, 5.41) is 4.27. The fourth-order valence-electron chi connectivity index (χ4n) is 3.37. The standard InChI is InChI=1S/C18H27N5.3ClH/c1-21(15-16-4-2-5-17(19)14-16)18-6-10-22(11-7-18)12-13-23-9-3-8-20-23;;;/h2-5,8-9,14,18H,6-7,10-13,15,19H2,1H3;3*1H. The van der Waals surface area contributed by atoms with Crippen LogP contribution in [0.1, 0.15) is 18.4 Å². The van der Waals surface area contributed by atoms with Gasteiger partial charge in [-0.1, -0.05) is 12.1 Å². The molecule has 1 fully saturated rings. The van der Waals surface area contributed by atoms with E-state index in [0.29, 0.717) is 6.04 Å². The summed E-state index contributed by atoms with van der Waals surface area (Å²) < 4.78 is 2.01. The topological polar surface area (TPSA) is 50.3 Å². The number of nitrogen functional groups attached to an aromatic ring is 1. The average molecular weight is 423 g/mol. The number of anilines is 1. The predicted octanol–water partition coefficient (Wildman–Crippen LogP) is 3.33. The molecule has 0 atom stereocenters. The Kier molecular flexibility index (Phi) is 11.9. The van der Waals surface area contributed by atoms with Gasteiger partial charge in [0.1, 0.15) is 0 Å². The van der Waals surface area contributed by atoms with Gasteiger partial charge >= 0.3 is 0 Å². The lowest BCUT2D eigenvalue weighted by Gasteiger charge is -2.36. The van der Waals surface area contributed by atoms with Crippen LogP contribution in [0.25, 0.3) is 0 Å². The van der Waals surface area contributed by atoms with Gasteiger partial charge in [-0.05, 0) is 56.7 Å². The molecule has 0 spiro atoms. The number of likely N-dealkylation sites (tertiary alicyclic amines) is 1. The average Bonchev–Trinajstić information content (AvgIpc) is 3.07. The number of benzene rings is 1. The summed E-state index contributed by atoms with van der Waals surface area (Å²) in [5.41, 5.74) is 8.02. The second kappa shape index (κ2) is 12.4. The third-order valence-electron chi connectivity index (χ3n) is 4.77. The number of aromatic nitrogens is 2. The van der Waals surface area contributed by atoms with E-state index < -0.39 is 0 Å². The Hall–Kier alpha value is -0.980. The zero-order chi connectivity index (χ0) is 16.1. The van der Waals surface area contributed by atoms with Crippen LogP contribution in [0.15, 0.2) is 42.7 Å². The molecule has 0 bridgehead atoms. The summed E-state index contributed by atoms with van der Waals surface area (Å²) >= 11 is 0. The Balaban J connectivity index is 0.00000208. The van der Waals surface area contributed by atoms with Gasteiger partial charge in [-0.15, -0.1) is 37.2 Å². The van der Waals surface area contributed by atoms with Crippen LogP contribution in [0.3, 0.4) is 0 Å². The molecule has 0 radical (unpaired) electrons. The van der Waals surface area contributed by atoms with Crippen molar-refractivity contribution < 1.29 is 0 Å².